The summed E-state index contributed by atoms with van der Waals surface area (Å²) < 4.78 is 2.04. The number of imidazole rings is 1. The first-order valence-corrected chi connectivity index (χ1v) is 11.2. The van der Waals surface area contributed by atoms with Crippen molar-refractivity contribution in [2.45, 2.75) is 44.3 Å². The number of nitrogens with one attached hydrogen (secondary N) is 2. The molecule has 1 fully saturated rings. The Morgan fingerprint density at radius 1 is 1.28 bits per heavy atom. The molecule has 1 aliphatic heterocycles. The van der Waals surface area contributed by atoms with Crippen LogP contribution in [0.1, 0.15) is 47.4 Å². The zero-order chi connectivity index (χ0) is 20.1. The first kappa shape index (κ1) is 19.9. The predicted molar refractivity (Wildman–Crippen MR) is 113 cm³/mol. The standard InChI is InChI=1S/C20H27N7OS/c1-15-6-10-27-16(13-21-7-11-29-20-22-14-23-25-20)18(24-17(27)12-15)19(28)26-8-4-2-3-5-9-26/h6,10,12,14,21H,2-5,7-9,11,13H2,1H3,(H,22,23,25). The normalized spacial score (nSPS) is 15.0. The second kappa shape index (κ2) is 9.41. The third kappa shape index (κ3) is 4.79. The van der Waals surface area contributed by atoms with Crippen LogP contribution in [-0.4, -0.2) is 60.8 Å². The fourth-order valence-corrected chi connectivity index (χ4v) is 4.33. The molecular formula is C20H27N7OS. The minimum atomic E-state index is 0.0566. The number of fused-ring (bicyclic) bond motifs is 1. The van der Waals surface area contributed by atoms with E-state index in [2.05, 4.69) is 26.6 Å². The van der Waals surface area contributed by atoms with Gasteiger partial charge in [-0.15, -0.1) is 0 Å². The van der Waals surface area contributed by atoms with Crippen LogP contribution >= 0.6 is 11.8 Å². The molecule has 1 amide bonds. The minimum absolute atomic E-state index is 0.0566. The fraction of sp³-hybridized carbons (Fsp3) is 0.500. The lowest BCUT2D eigenvalue weighted by Gasteiger charge is -2.19. The SMILES string of the molecule is Cc1ccn2c(CNCCSc3ncn[nH]3)c(C(=O)N3CCCCCC3)nc2c1. The van der Waals surface area contributed by atoms with Crippen LogP contribution in [0.4, 0.5) is 0 Å². The number of H-pyrrole nitrogens is 1. The molecule has 4 heterocycles. The van der Waals surface area contributed by atoms with Gasteiger partial charge in [0, 0.05) is 38.1 Å². The molecule has 0 aliphatic carbocycles. The molecule has 0 saturated carbocycles. The number of nitrogens with zero attached hydrogens (tertiary/aromatic N) is 5. The summed E-state index contributed by atoms with van der Waals surface area (Å²) in [6, 6.07) is 4.08. The van der Waals surface area contributed by atoms with Gasteiger partial charge in [-0.2, -0.15) is 5.10 Å². The quantitative estimate of drug-likeness (QED) is 0.457. The number of thioether (sulfide) groups is 1. The summed E-state index contributed by atoms with van der Waals surface area (Å²) in [5.74, 6) is 0.918. The Balaban J connectivity index is 1.49. The zero-order valence-electron chi connectivity index (χ0n) is 16.7. The highest BCUT2D eigenvalue weighted by Gasteiger charge is 2.24. The van der Waals surface area contributed by atoms with Gasteiger partial charge in [0.25, 0.3) is 5.91 Å². The molecular weight excluding hydrogens is 386 g/mol. The Labute approximate surface area is 174 Å². The zero-order valence-corrected chi connectivity index (χ0v) is 17.5. The van der Waals surface area contributed by atoms with E-state index < -0.39 is 0 Å². The van der Waals surface area contributed by atoms with E-state index in [0.29, 0.717) is 12.2 Å². The average Bonchev–Trinajstić information content (AvgIpc) is 3.26. The number of aryl methyl sites for hydroxylation is 1. The van der Waals surface area contributed by atoms with Gasteiger partial charge in [0.15, 0.2) is 10.9 Å². The Hall–Kier alpha value is -2.39. The van der Waals surface area contributed by atoms with E-state index in [4.69, 9.17) is 4.98 Å². The van der Waals surface area contributed by atoms with E-state index in [9.17, 15) is 4.79 Å². The summed E-state index contributed by atoms with van der Waals surface area (Å²) in [6.07, 6.45) is 8.07. The van der Waals surface area contributed by atoms with E-state index in [1.54, 1.807) is 11.8 Å². The predicted octanol–water partition coefficient (Wildman–Crippen LogP) is 2.66. The van der Waals surface area contributed by atoms with Crippen molar-refractivity contribution in [2.24, 2.45) is 0 Å². The maximum Gasteiger partial charge on any atom is 0.274 e. The highest BCUT2D eigenvalue weighted by Crippen LogP contribution is 2.19. The summed E-state index contributed by atoms with van der Waals surface area (Å²) in [5.41, 5.74) is 3.47. The highest BCUT2D eigenvalue weighted by molar-refractivity contribution is 7.99. The number of hydrogen-bond acceptors (Lipinski definition) is 6. The highest BCUT2D eigenvalue weighted by atomic mass is 32.2. The first-order chi connectivity index (χ1) is 14.2. The van der Waals surface area contributed by atoms with Gasteiger partial charge < -0.3 is 14.6 Å². The third-order valence-corrected chi connectivity index (χ3v) is 6.06. The third-order valence-electron chi connectivity index (χ3n) is 5.18. The maximum absolute atomic E-state index is 13.3. The first-order valence-electron chi connectivity index (χ1n) is 10.2. The number of carbonyl (C=O) groups is 1. The van der Waals surface area contributed by atoms with Crippen LogP contribution in [0.25, 0.3) is 5.65 Å². The molecule has 0 aromatic carbocycles. The molecule has 0 unspecified atom stereocenters. The van der Waals surface area contributed by atoms with Gasteiger partial charge >= 0.3 is 0 Å². The van der Waals surface area contributed by atoms with Gasteiger partial charge in [0.05, 0.1) is 5.69 Å². The van der Waals surface area contributed by atoms with Crippen molar-refractivity contribution in [3.8, 4) is 0 Å². The second-order valence-electron chi connectivity index (χ2n) is 7.36. The molecule has 2 N–H and O–H groups in total. The number of hydrogen-bond donors (Lipinski definition) is 2. The molecule has 8 nitrogen and oxygen atoms in total. The molecule has 4 rings (SSSR count). The van der Waals surface area contributed by atoms with Crippen LogP contribution in [0.5, 0.6) is 0 Å². The molecule has 1 saturated heterocycles. The molecule has 29 heavy (non-hydrogen) atoms. The van der Waals surface area contributed by atoms with Crippen molar-refractivity contribution in [2.75, 3.05) is 25.4 Å². The van der Waals surface area contributed by atoms with E-state index in [-0.39, 0.29) is 5.91 Å². The number of aromatic nitrogens is 5. The van der Waals surface area contributed by atoms with Gasteiger partial charge in [-0.3, -0.25) is 9.89 Å². The van der Waals surface area contributed by atoms with Crippen LogP contribution in [0.2, 0.25) is 0 Å². The van der Waals surface area contributed by atoms with Crippen molar-refractivity contribution in [1.29, 1.82) is 0 Å². The molecule has 3 aromatic heterocycles. The Kier molecular flexibility index (Phi) is 6.46. The van der Waals surface area contributed by atoms with Crippen LogP contribution in [-0.2, 0) is 6.54 Å². The largest absolute Gasteiger partial charge is 0.337 e. The molecule has 0 spiro atoms. The Bertz CT molecular complexity index is 945. The van der Waals surface area contributed by atoms with E-state index in [0.717, 1.165) is 60.3 Å². The molecule has 9 heteroatoms. The van der Waals surface area contributed by atoms with E-state index >= 15 is 0 Å². The van der Waals surface area contributed by atoms with E-state index in [1.807, 2.05) is 28.5 Å². The molecule has 3 aromatic rings. The second-order valence-corrected chi connectivity index (χ2v) is 8.45. The van der Waals surface area contributed by atoms with Gasteiger partial charge in [-0.1, -0.05) is 24.6 Å². The number of pyridine rings is 1. The molecule has 0 atom stereocenters. The molecule has 154 valence electrons. The molecule has 1 aliphatic rings. The lowest BCUT2D eigenvalue weighted by atomic mass is 10.2. The van der Waals surface area contributed by atoms with Crippen molar-refractivity contribution < 1.29 is 4.79 Å². The topological polar surface area (TPSA) is 91.2 Å². The number of aromatic amines is 1. The number of amides is 1. The smallest absolute Gasteiger partial charge is 0.274 e. The summed E-state index contributed by atoms with van der Waals surface area (Å²) in [6.45, 7) is 5.08. The summed E-state index contributed by atoms with van der Waals surface area (Å²) >= 11 is 1.62. The van der Waals surface area contributed by atoms with Crippen molar-refractivity contribution in [3.05, 3.63) is 41.6 Å². The Morgan fingerprint density at radius 2 is 2.10 bits per heavy atom. The van der Waals surface area contributed by atoms with Crippen molar-refractivity contribution in [3.63, 3.8) is 0 Å². The minimum Gasteiger partial charge on any atom is -0.337 e. The lowest BCUT2D eigenvalue weighted by molar-refractivity contribution is 0.0755. The number of rotatable bonds is 7. The van der Waals surface area contributed by atoms with Gasteiger partial charge in [-0.25, -0.2) is 9.97 Å². The monoisotopic (exact) mass is 413 g/mol. The van der Waals surface area contributed by atoms with E-state index in [1.165, 1.54) is 19.2 Å². The number of likely N-dealkylation sites (tertiary alicyclic amines) is 1. The summed E-state index contributed by atoms with van der Waals surface area (Å²) in [7, 11) is 0. The Morgan fingerprint density at radius 3 is 2.86 bits per heavy atom. The van der Waals surface area contributed by atoms with Crippen LogP contribution in [0.3, 0.4) is 0 Å². The molecule has 0 radical (unpaired) electrons. The lowest BCUT2D eigenvalue weighted by Crippen LogP contribution is -2.33. The number of carbonyl (C=O) groups excluding carboxylic acids is 1. The molecule has 0 bridgehead atoms. The van der Waals surface area contributed by atoms with Crippen LogP contribution in [0.15, 0.2) is 29.8 Å². The summed E-state index contributed by atoms with van der Waals surface area (Å²) in [5, 5.41) is 11.0. The average molecular weight is 414 g/mol. The van der Waals surface area contributed by atoms with Gasteiger partial charge in [-0.05, 0) is 37.5 Å². The fourth-order valence-electron chi connectivity index (χ4n) is 3.65. The van der Waals surface area contributed by atoms with Crippen LogP contribution in [0, 0.1) is 6.92 Å². The van der Waals surface area contributed by atoms with Crippen molar-refractivity contribution >= 4 is 23.3 Å². The maximum atomic E-state index is 13.3. The summed E-state index contributed by atoms with van der Waals surface area (Å²) in [4.78, 5) is 24.1. The van der Waals surface area contributed by atoms with Gasteiger partial charge in [0.1, 0.15) is 12.0 Å². The van der Waals surface area contributed by atoms with Gasteiger partial charge in [0.2, 0.25) is 0 Å². The van der Waals surface area contributed by atoms with Crippen molar-refractivity contribution in [1.82, 2.24) is 34.8 Å². The van der Waals surface area contributed by atoms with Crippen LogP contribution < -0.4 is 5.32 Å².